The second-order valence-corrected chi connectivity index (χ2v) is 4.23. The largest absolute Gasteiger partial charge is 0.475 e. The monoisotopic (exact) mass is 274 g/mol. The summed E-state index contributed by atoms with van der Waals surface area (Å²) in [6.07, 6.45) is 0.962. The van der Waals surface area contributed by atoms with E-state index in [2.05, 4.69) is 21.9 Å². The molecule has 1 amide bonds. The third-order valence-corrected chi connectivity index (χ3v) is 2.84. The molecule has 0 saturated heterocycles. The van der Waals surface area contributed by atoms with Crippen LogP contribution >= 0.6 is 0 Å². The Bertz CT molecular complexity index is 616. The van der Waals surface area contributed by atoms with Crippen LogP contribution in [0.4, 0.5) is 0 Å². The van der Waals surface area contributed by atoms with Crippen molar-refractivity contribution < 1.29 is 19.2 Å². The molecule has 2 rings (SSSR count). The average Bonchev–Trinajstić information content (AvgIpc) is 2.95. The lowest BCUT2D eigenvalue weighted by molar-refractivity contribution is 0.0651. The number of carbonyl (C=O) groups is 2. The Morgan fingerprint density at radius 2 is 1.90 bits per heavy atom. The van der Waals surface area contributed by atoms with E-state index in [-0.39, 0.29) is 11.5 Å². The lowest BCUT2D eigenvalue weighted by atomic mass is 10.1. The first-order chi connectivity index (χ1) is 9.60. The van der Waals surface area contributed by atoms with E-state index in [1.807, 2.05) is 24.3 Å². The highest BCUT2D eigenvalue weighted by atomic mass is 16.5. The summed E-state index contributed by atoms with van der Waals surface area (Å²) in [6, 6.07) is 8.97. The summed E-state index contributed by atoms with van der Waals surface area (Å²) < 4.78 is 4.52. The SMILES string of the molecule is CCc1ccc(CNC(=O)c2cc(C(=O)O)on2)cc1. The topological polar surface area (TPSA) is 92.4 Å². The summed E-state index contributed by atoms with van der Waals surface area (Å²) in [5.74, 6) is -2.09. The van der Waals surface area contributed by atoms with Crippen molar-refractivity contribution in [2.75, 3.05) is 0 Å². The van der Waals surface area contributed by atoms with Gasteiger partial charge in [-0.3, -0.25) is 4.79 Å². The van der Waals surface area contributed by atoms with E-state index in [9.17, 15) is 9.59 Å². The van der Waals surface area contributed by atoms with E-state index >= 15 is 0 Å². The molecular formula is C14H14N2O4. The molecule has 6 nitrogen and oxygen atoms in total. The normalized spacial score (nSPS) is 10.2. The zero-order chi connectivity index (χ0) is 14.5. The maximum atomic E-state index is 11.8. The molecule has 6 heteroatoms. The molecule has 1 heterocycles. The fourth-order valence-electron chi connectivity index (χ4n) is 1.65. The Balaban J connectivity index is 1.95. The third-order valence-electron chi connectivity index (χ3n) is 2.84. The molecule has 1 aromatic heterocycles. The van der Waals surface area contributed by atoms with Crippen molar-refractivity contribution in [2.24, 2.45) is 0 Å². The molecule has 104 valence electrons. The van der Waals surface area contributed by atoms with E-state index in [0.29, 0.717) is 6.54 Å². The van der Waals surface area contributed by atoms with Crippen LogP contribution in [-0.2, 0) is 13.0 Å². The summed E-state index contributed by atoms with van der Waals surface area (Å²) in [4.78, 5) is 22.4. The maximum Gasteiger partial charge on any atom is 0.374 e. The molecule has 1 aromatic carbocycles. The van der Waals surface area contributed by atoms with Crippen molar-refractivity contribution in [1.82, 2.24) is 10.5 Å². The molecular weight excluding hydrogens is 260 g/mol. The Morgan fingerprint density at radius 3 is 2.45 bits per heavy atom. The molecule has 0 spiro atoms. The van der Waals surface area contributed by atoms with Crippen molar-refractivity contribution in [3.63, 3.8) is 0 Å². The van der Waals surface area contributed by atoms with Gasteiger partial charge < -0.3 is 14.9 Å². The lowest BCUT2D eigenvalue weighted by Gasteiger charge is -2.04. The van der Waals surface area contributed by atoms with Gasteiger partial charge in [0.1, 0.15) is 0 Å². The zero-order valence-corrected chi connectivity index (χ0v) is 10.9. The third kappa shape index (κ3) is 3.23. The van der Waals surface area contributed by atoms with Crippen LogP contribution in [0.1, 0.15) is 39.1 Å². The molecule has 0 saturated carbocycles. The number of aryl methyl sites for hydroxylation is 1. The fraction of sp³-hybridized carbons (Fsp3) is 0.214. The van der Waals surface area contributed by atoms with E-state index in [0.717, 1.165) is 18.1 Å². The lowest BCUT2D eigenvalue weighted by Crippen LogP contribution is -2.23. The quantitative estimate of drug-likeness (QED) is 0.868. The van der Waals surface area contributed by atoms with E-state index in [1.54, 1.807) is 0 Å². The first-order valence-corrected chi connectivity index (χ1v) is 6.16. The molecule has 2 N–H and O–H groups in total. The molecule has 0 unspecified atom stereocenters. The Labute approximate surface area is 115 Å². The summed E-state index contributed by atoms with van der Waals surface area (Å²) in [7, 11) is 0. The number of nitrogens with one attached hydrogen (secondary N) is 1. The van der Waals surface area contributed by atoms with Gasteiger partial charge in [-0.15, -0.1) is 0 Å². The average molecular weight is 274 g/mol. The Hall–Kier alpha value is -2.63. The van der Waals surface area contributed by atoms with Crippen LogP contribution in [0.5, 0.6) is 0 Å². The van der Waals surface area contributed by atoms with Crippen LogP contribution in [0.25, 0.3) is 0 Å². The van der Waals surface area contributed by atoms with Gasteiger partial charge in [0.05, 0.1) is 0 Å². The van der Waals surface area contributed by atoms with Gasteiger partial charge in [0.2, 0.25) is 5.76 Å². The number of hydrogen-bond acceptors (Lipinski definition) is 4. The van der Waals surface area contributed by atoms with Crippen molar-refractivity contribution in [1.29, 1.82) is 0 Å². The van der Waals surface area contributed by atoms with Gasteiger partial charge in [0, 0.05) is 12.6 Å². The maximum absolute atomic E-state index is 11.8. The number of rotatable bonds is 5. The highest BCUT2D eigenvalue weighted by Gasteiger charge is 2.16. The molecule has 0 fully saturated rings. The van der Waals surface area contributed by atoms with Crippen molar-refractivity contribution >= 4 is 11.9 Å². The van der Waals surface area contributed by atoms with Crippen molar-refractivity contribution in [2.45, 2.75) is 19.9 Å². The second kappa shape index (κ2) is 6.01. The van der Waals surface area contributed by atoms with Gasteiger partial charge in [-0.1, -0.05) is 36.3 Å². The minimum atomic E-state index is -1.26. The van der Waals surface area contributed by atoms with E-state index < -0.39 is 11.9 Å². The number of amides is 1. The van der Waals surface area contributed by atoms with Crippen LogP contribution in [0, 0.1) is 0 Å². The first kappa shape index (κ1) is 13.8. The number of benzene rings is 1. The predicted molar refractivity (Wildman–Crippen MR) is 70.5 cm³/mol. The van der Waals surface area contributed by atoms with Gasteiger partial charge in [0.25, 0.3) is 5.91 Å². The number of hydrogen-bond donors (Lipinski definition) is 2. The molecule has 0 radical (unpaired) electrons. The van der Waals surface area contributed by atoms with Crippen LogP contribution in [-0.4, -0.2) is 22.1 Å². The Kier molecular flexibility index (Phi) is 4.14. The number of nitrogens with zero attached hydrogens (tertiary/aromatic N) is 1. The molecule has 0 aliphatic rings. The van der Waals surface area contributed by atoms with Gasteiger partial charge >= 0.3 is 5.97 Å². The van der Waals surface area contributed by atoms with Gasteiger partial charge in [0.15, 0.2) is 5.69 Å². The molecule has 0 aliphatic carbocycles. The number of carboxylic acids is 1. The summed E-state index contributed by atoms with van der Waals surface area (Å²) in [5.41, 5.74) is 2.13. The minimum Gasteiger partial charge on any atom is -0.475 e. The van der Waals surface area contributed by atoms with Crippen molar-refractivity contribution in [3.05, 3.63) is 52.9 Å². The minimum absolute atomic E-state index is 0.0485. The summed E-state index contributed by atoms with van der Waals surface area (Å²) in [6.45, 7) is 2.42. The number of aromatic carboxylic acids is 1. The predicted octanol–water partition coefficient (Wildman–Crippen LogP) is 1.87. The molecule has 0 atom stereocenters. The van der Waals surface area contributed by atoms with Gasteiger partial charge in [-0.2, -0.15) is 0 Å². The number of carbonyl (C=O) groups excluding carboxylic acids is 1. The molecule has 2 aromatic rings. The molecule has 20 heavy (non-hydrogen) atoms. The number of aromatic nitrogens is 1. The summed E-state index contributed by atoms with van der Waals surface area (Å²) in [5, 5.41) is 14.7. The molecule has 0 aliphatic heterocycles. The molecule has 0 bridgehead atoms. The zero-order valence-electron chi connectivity index (χ0n) is 10.9. The van der Waals surface area contributed by atoms with E-state index in [1.165, 1.54) is 5.56 Å². The van der Waals surface area contributed by atoms with Crippen molar-refractivity contribution in [3.8, 4) is 0 Å². The van der Waals surface area contributed by atoms with Crippen LogP contribution < -0.4 is 5.32 Å². The van der Waals surface area contributed by atoms with Crippen LogP contribution in [0.3, 0.4) is 0 Å². The highest BCUT2D eigenvalue weighted by Crippen LogP contribution is 2.06. The standard InChI is InChI=1S/C14H14N2O4/c1-2-9-3-5-10(6-4-9)8-15-13(17)11-7-12(14(18)19)20-16-11/h3-7H,2,8H2,1H3,(H,15,17)(H,18,19). The smallest absolute Gasteiger partial charge is 0.374 e. The van der Waals surface area contributed by atoms with E-state index in [4.69, 9.17) is 5.11 Å². The van der Waals surface area contributed by atoms with Gasteiger partial charge in [-0.05, 0) is 17.5 Å². The first-order valence-electron chi connectivity index (χ1n) is 6.16. The van der Waals surface area contributed by atoms with Gasteiger partial charge in [-0.25, -0.2) is 4.79 Å². The number of carboxylic acid groups (broad SMARTS) is 1. The summed E-state index contributed by atoms with van der Waals surface area (Å²) >= 11 is 0. The van der Waals surface area contributed by atoms with Crippen LogP contribution in [0.2, 0.25) is 0 Å². The highest BCUT2D eigenvalue weighted by molar-refractivity contribution is 5.94. The fourth-order valence-corrected chi connectivity index (χ4v) is 1.65. The Morgan fingerprint density at radius 1 is 1.25 bits per heavy atom. The second-order valence-electron chi connectivity index (χ2n) is 4.23. The van der Waals surface area contributed by atoms with Crippen LogP contribution in [0.15, 0.2) is 34.9 Å².